The van der Waals surface area contributed by atoms with Crippen molar-refractivity contribution in [1.82, 2.24) is 0 Å². The summed E-state index contributed by atoms with van der Waals surface area (Å²) in [7, 11) is 0. The number of benzene rings is 2. The van der Waals surface area contributed by atoms with Crippen molar-refractivity contribution < 1.29 is 14.3 Å². The molecule has 0 fully saturated rings. The molecule has 98 valence electrons. The van der Waals surface area contributed by atoms with Gasteiger partial charge in [0.25, 0.3) is 0 Å². The van der Waals surface area contributed by atoms with Crippen LogP contribution in [0.3, 0.4) is 0 Å². The zero-order chi connectivity index (χ0) is 13.8. The second-order valence-corrected chi connectivity index (χ2v) is 3.99. The van der Waals surface area contributed by atoms with Crippen molar-refractivity contribution in [2.24, 2.45) is 10.9 Å². The van der Waals surface area contributed by atoms with Gasteiger partial charge in [0.05, 0.1) is 5.56 Å². The monoisotopic (exact) mass is 260 g/mol. The molecule has 0 radical (unpaired) electrons. The van der Waals surface area contributed by atoms with E-state index in [-0.39, 0.29) is 11.7 Å². The largest absolute Gasteiger partial charge is 0.456 e. The predicted molar refractivity (Wildman–Crippen MR) is 70.2 cm³/mol. The summed E-state index contributed by atoms with van der Waals surface area (Å²) in [4.78, 5) is 0. The van der Waals surface area contributed by atoms with Gasteiger partial charge >= 0.3 is 0 Å². The van der Waals surface area contributed by atoms with Gasteiger partial charge < -0.3 is 15.7 Å². The lowest BCUT2D eigenvalue weighted by Crippen LogP contribution is -2.14. The van der Waals surface area contributed by atoms with Crippen molar-refractivity contribution in [1.29, 1.82) is 0 Å². The first-order valence-corrected chi connectivity index (χ1v) is 5.62. The van der Waals surface area contributed by atoms with Gasteiger partial charge in [0.15, 0.2) is 5.84 Å². The fourth-order valence-corrected chi connectivity index (χ4v) is 1.62. The van der Waals surface area contributed by atoms with Gasteiger partial charge in [-0.2, -0.15) is 0 Å². The number of aryl methyl sites for hydroxylation is 1. The number of amidine groups is 1. The smallest absolute Gasteiger partial charge is 0.173 e. The SMILES string of the molecule is Cc1ccc(F)cc1Oc1ccccc1/C(N)=N/O. The molecule has 19 heavy (non-hydrogen) atoms. The summed E-state index contributed by atoms with van der Waals surface area (Å²) in [5, 5.41) is 11.7. The Balaban J connectivity index is 2.41. The molecule has 0 atom stereocenters. The minimum atomic E-state index is -0.387. The second-order valence-electron chi connectivity index (χ2n) is 3.99. The van der Waals surface area contributed by atoms with Crippen LogP contribution in [0.25, 0.3) is 0 Å². The minimum absolute atomic E-state index is 0.0651. The second kappa shape index (κ2) is 5.39. The summed E-state index contributed by atoms with van der Waals surface area (Å²) in [5.41, 5.74) is 6.79. The summed E-state index contributed by atoms with van der Waals surface area (Å²) in [6.45, 7) is 1.81. The Morgan fingerprint density at radius 3 is 2.68 bits per heavy atom. The number of para-hydroxylation sites is 1. The van der Waals surface area contributed by atoms with Gasteiger partial charge in [-0.1, -0.05) is 23.4 Å². The first-order chi connectivity index (χ1) is 9.11. The van der Waals surface area contributed by atoms with Gasteiger partial charge in [-0.05, 0) is 30.7 Å². The zero-order valence-corrected chi connectivity index (χ0v) is 10.3. The summed E-state index contributed by atoms with van der Waals surface area (Å²) in [6.07, 6.45) is 0. The lowest BCUT2D eigenvalue weighted by atomic mass is 10.1. The highest BCUT2D eigenvalue weighted by Gasteiger charge is 2.10. The zero-order valence-electron chi connectivity index (χ0n) is 10.3. The van der Waals surface area contributed by atoms with Crippen LogP contribution in [0.15, 0.2) is 47.6 Å². The molecule has 0 unspecified atom stereocenters. The van der Waals surface area contributed by atoms with Crippen LogP contribution in [-0.4, -0.2) is 11.0 Å². The van der Waals surface area contributed by atoms with Crippen molar-refractivity contribution in [2.75, 3.05) is 0 Å². The molecule has 0 saturated heterocycles. The summed E-state index contributed by atoms with van der Waals surface area (Å²) >= 11 is 0. The number of nitrogens with two attached hydrogens (primary N) is 1. The number of rotatable bonds is 3. The van der Waals surface area contributed by atoms with Gasteiger partial charge in [0, 0.05) is 6.07 Å². The highest BCUT2D eigenvalue weighted by Crippen LogP contribution is 2.28. The first-order valence-electron chi connectivity index (χ1n) is 5.62. The van der Waals surface area contributed by atoms with Gasteiger partial charge in [-0.25, -0.2) is 4.39 Å². The lowest BCUT2D eigenvalue weighted by molar-refractivity contribution is 0.318. The third-order valence-electron chi connectivity index (χ3n) is 2.64. The lowest BCUT2D eigenvalue weighted by Gasteiger charge is -2.12. The maximum absolute atomic E-state index is 13.2. The molecule has 0 aliphatic heterocycles. The van der Waals surface area contributed by atoms with Gasteiger partial charge in [0.1, 0.15) is 17.3 Å². The Hall–Kier alpha value is -2.56. The molecule has 2 rings (SSSR count). The predicted octanol–water partition coefficient (Wildman–Crippen LogP) is 3.02. The molecule has 3 N–H and O–H groups in total. The van der Waals surface area contributed by atoms with Crippen molar-refractivity contribution in [3.05, 3.63) is 59.4 Å². The number of halogens is 1. The van der Waals surface area contributed by atoms with Crippen molar-refractivity contribution in [3.8, 4) is 11.5 Å². The number of ether oxygens (including phenoxy) is 1. The van der Waals surface area contributed by atoms with Gasteiger partial charge in [0.2, 0.25) is 0 Å². The Morgan fingerprint density at radius 1 is 1.21 bits per heavy atom. The molecule has 0 spiro atoms. The molecule has 0 bridgehead atoms. The molecular formula is C14H13FN2O2. The minimum Gasteiger partial charge on any atom is -0.456 e. The van der Waals surface area contributed by atoms with Crippen LogP contribution < -0.4 is 10.5 Å². The quantitative estimate of drug-likeness (QED) is 0.386. The molecular weight excluding hydrogens is 247 g/mol. The van der Waals surface area contributed by atoms with E-state index in [9.17, 15) is 4.39 Å². The van der Waals surface area contributed by atoms with Crippen LogP contribution in [0.4, 0.5) is 4.39 Å². The van der Waals surface area contributed by atoms with E-state index in [1.54, 1.807) is 37.3 Å². The number of hydrogen-bond donors (Lipinski definition) is 2. The molecule has 0 amide bonds. The Labute approximate surface area is 109 Å². The fourth-order valence-electron chi connectivity index (χ4n) is 1.62. The molecule has 2 aromatic carbocycles. The average Bonchev–Trinajstić information content (AvgIpc) is 2.42. The third kappa shape index (κ3) is 2.82. The molecule has 0 saturated carbocycles. The van der Waals surface area contributed by atoms with E-state index in [4.69, 9.17) is 15.7 Å². The molecule has 4 nitrogen and oxygen atoms in total. The highest BCUT2D eigenvalue weighted by atomic mass is 19.1. The number of nitrogens with zero attached hydrogens (tertiary/aromatic N) is 1. The van der Waals surface area contributed by atoms with E-state index in [2.05, 4.69) is 5.16 Å². The van der Waals surface area contributed by atoms with Crippen LogP contribution in [0.1, 0.15) is 11.1 Å². The maximum atomic E-state index is 13.2. The topological polar surface area (TPSA) is 67.8 Å². The normalized spacial score (nSPS) is 11.4. The molecule has 0 aliphatic carbocycles. The molecule has 5 heteroatoms. The van der Waals surface area contributed by atoms with Crippen molar-refractivity contribution in [3.63, 3.8) is 0 Å². The average molecular weight is 260 g/mol. The Bertz CT molecular complexity index is 627. The summed E-state index contributed by atoms with van der Waals surface area (Å²) < 4.78 is 18.8. The van der Waals surface area contributed by atoms with E-state index < -0.39 is 0 Å². The van der Waals surface area contributed by atoms with Gasteiger partial charge in [-0.3, -0.25) is 0 Å². The number of hydrogen-bond acceptors (Lipinski definition) is 3. The van der Waals surface area contributed by atoms with E-state index in [1.165, 1.54) is 12.1 Å². The fraction of sp³-hybridized carbons (Fsp3) is 0.0714. The van der Waals surface area contributed by atoms with Crippen LogP contribution in [0.5, 0.6) is 11.5 Å². The van der Waals surface area contributed by atoms with E-state index in [0.717, 1.165) is 5.56 Å². The molecule has 0 heterocycles. The van der Waals surface area contributed by atoms with Gasteiger partial charge in [-0.15, -0.1) is 0 Å². The molecule has 0 aromatic heterocycles. The van der Waals surface area contributed by atoms with Crippen molar-refractivity contribution >= 4 is 5.84 Å². The highest BCUT2D eigenvalue weighted by molar-refractivity contribution is 5.99. The van der Waals surface area contributed by atoms with Crippen LogP contribution in [0, 0.1) is 12.7 Å². The van der Waals surface area contributed by atoms with Crippen LogP contribution >= 0.6 is 0 Å². The Morgan fingerprint density at radius 2 is 1.95 bits per heavy atom. The van der Waals surface area contributed by atoms with E-state index >= 15 is 0 Å². The number of oxime groups is 1. The molecule has 0 aliphatic rings. The summed E-state index contributed by atoms with van der Waals surface area (Å²) in [6, 6.07) is 11.1. The third-order valence-corrected chi connectivity index (χ3v) is 2.64. The van der Waals surface area contributed by atoms with Crippen molar-refractivity contribution in [2.45, 2.75) is 6.92 Å². The van der Waals surface area contributed by atoms with Crippen LogP contribution in [-0.2, 0) is 0 Å². The van der Waals surface area contributed by atoms with E-state index in [1.807, 2.05) is 0 Å². The molecule has 2 aromatic rings. The first kappa shape index (κ1) is 12.9. The maximum Gasteiger partial charge on any atom is 0.173 e. The van der Waals surface area contributed by atoms with E-state index in [0.29, 0.717) is 17.1 Å². The summed E-state index contributed by atoms with van der Waals surface area (Å²) in [5.74, 6) is 0.330. The Kier molecular flexibility index (Phi) is 3.66. The van der Waals surface area contributed by atoms with Crippen LogP contribution in [0.2, 0.25) is 0 Å². The standard InChI is InChI=1S/C14H13FN2O2/c1-9-6-7-10(15)8-13(9)19-12-5-3-2-4-11(12)14(16)17-18/h2-8,18H,1H3,(H2,16,17).